The first-order valence-corrected chi connectivity index (χ1v) is 12.4. The van der Waals surface area contributed by atoms with Gasteiger partial charge in [-0.1, -0.05) is 6.92 Å². The number of hydrogen-bond acceptors (Lipinski definition) is 6. The van der Waals surface area contributed by atoms with Crippen LogP contribution in [0.4, 0.5) is 11.5 Å². The van der Waals surface area contributed by atoms with Gasteiger partial charge in [0, 0.05) is 34.4 Å². The van der Waals surface area contributed by atoms with Gasteiger partial charge < -0.3 is 10.6 Å². The van der Waals surface area contributed by atoms with E-state index >= 15 is 0 Å². The number of nitrogens with zero attached hydrogens (tertiary/aromatic N) is 2. The molecule has 6 nitrogen and oxygen atoms in total. The second kappa shape index (κ2) is 6.78. The van der Waals surface area contributed by atoms with Crippen LogP contribution in [0.15, 0.2) is 29.2 Å². The number of nitrogens with one attached hydrogen (secondary N) is 1. The Balaban J connectivity index is 1.77. The lowest BCUT2D eigenvalue weighted by Gasteiger charge is -2.40. The fourth-order valence-corrected chi connectivity index (χ4v) is 5.82. The molecule has 1 aromatic carbocycles. The number of thioether (sulfide) groups is 1. The van der Waals surface area contributed by atoms with Crippen molar-refractivity contribution < 1.29 is 8.42 Å². The van der Waals surface area contributed by atoms with Crippen LogP contribution in [0, 0.1) is 0 Å². The monoisotopic (exact) mass is 420 g/mol. The fourth-order valence-electron chi connectivity index (χ4n) is 3.72. The predicted octanol–water partition coefficient (Wildman–Crippen LogP) is 3.37. The Morgan fingerprint density at radius 2 is 1.82 bits per heavy atom. The quantitative estimate of drug-likeness (QED) is 0.771. The van der Waals surface area contributed by atoms with E-state index in [-0.39, 0.29) is 15.2 Å². The zero-order valence-corrected chi connectivity index (χ0v) is 18.3. The largest absolute Gasteiger partial charge is 0.384 e. The van der Waals surface area contributed by atoms with Crippen LogP contribution in [0.25, 0.3) is 10.9 Å². The number of piperidine rings is 1. The van der Waals surface area contributed by atoms with Crippen molar-refractivity contribution in [1.29, 1.82) is 0 Å². The van der Waals surface area contributed by atoms with Crippen molar-refractivity contribution in [2.24, 2.45) is 0 Å². The lowest BCUT2D eigenvalue weighted by molar-refractivity contribution is 0.481. The number of pyridine rings is 1. The molecule has 1 saturated carbocycles. The highest BCUT2D eigenvalue weighted by Crippen LogP contribution is 2.39. The first-order valence-electron chi connectivity index (χ1n) is 9.68. The molecule has 2 aliphatic rings. The summed E-state index contributed by atoms with van der Waals surface area (Å²) in [6.07, 6.45) is 6.03. The molecule has 28 heavy (non-hydrogen) atoms. The van der Waals surface area contributed by atoms with Gasteiger partial charge in [0.15, 0.2) is 0 Å². The molecule has 2 heterocycles. The summed E-state index contributed by atoms with van der Waals surface area (Å²) in [7, 11) is -3.61. The molecule has 0 unspecified atom stereocenters. The van der Waals surface area contributed by atoms with E-state index in [0.717, 1.165) is 49.8 Å². The number of nitrogens with two attached hydrogens (primary N) is 1. The van der Waals surface area contributed by atoms with Crippen molar-refractivity contribution in [3.8, 4) is 0 Å². The Labute approximate surface area is 171 Å². The molecule has 1 saturated heterocycles. The number of benzene rings is 1. The second-order valence-electron chi connectivity index (χ2n) is 8.55. The maximum absolute atomic E-state index is 13.0. The Morgan fingerprint density at radius 3 is 2.43 bits per heavy atom. The zero-order chi connectivity index (χ0) is 20.2. The summed E-state index contributed by atoms with van der Waals surface area (Å²) < 4.78 is 29.1. The van der Waals surface area contributed by atoms with E-state index in [4.69, 9.17) is 5.73 Å². The summed E-state index contributed by atoms with van der Waals surface area (Å²) in [5, 5.41) is 0.943. The normalized spacial score (nSPS) is 21.0. The SMILES string of the molecule is CSC1(C)CCN(c2cc(S(=O)(=O)NC3(C)CC3)cc3nc(N)ccc23)CC1. The minimum absolute atomic E-state index is 0.263. The van der Waals surface area contributed by atoms with Gasteiger partial charge in [0.2, 0.25) is 10.0 Å². The third-order valence-corrected chi connectivity index (χ3v) is 9.14. The molecule has 1 aliphatic carbocycles. The molecule has 0 bridgehead atoms. The number of sulfonamides is 1. The Morgan fingerprint density at radius 1 is 1.14 bits per heavy atom. The van der Waals surface area contributed by atoms with Gasteiger partial charge in [0.25, 0.3) is 0 Å². The van der Waals surface area contributed by atoms with Gasteiger partial charge in [-0.2, -0.15) is 11.8 Å². The summed E-state index contributed by atoms with van der Waals surface area (Å²) in [6.45, 7) is 6.03. The van der Waals surface area contributed by atoms with Crippen molar-refractivity contribution in [3.63, 3.8) is 0 Å². The maximum Gasteiger partial charge on any atom is 0.241 e. The van der Waals surface area contributed by atoms with E-state index in [1.165, 1.54) is 0 Å². The van der Waals surface area contributed by atoms with E-state index < -0.39 is 10.0 Å². The first-order chi connectivity index (χ1) is 13.1. The molecule has 0 spiro atoms. The number of aromatic nitrogens is 1. The van der Waals surface area contributed by atoms with Crippen LogP contribution in [-0.4, -0.2) is 43.0 Å². The van der Waals surface area contributed by atoms with Crippen LogP contribution in [0.3, 0.4) is 0 Å². The average Bonchev–Trinajstić information content (AvgIpc) is 3.37. The highest BCUT2D eigenvalue weighted by molar-refractivity contribution is 7.99. The van der Waals surface area contributed by atoms with Crippen molar-refractivity contribution in [1.82, 2.24) is 9.71 Å². The molecular formula is C20H28N4O2S2. The van der Waals surface area contributed by atoms with Gasteiger partial charge in [-0.05, 0) is 63.1 Å². The molecule has 2 aromatic rings. The summed E-state index contributed by atoms with van der Waals surface area (Å²) in [5.41, 5.74) is 7.11. The zero-order valence-electron chi connectivity index (χ0n) is 16.7. The van der Waals surface area contributed by atoms with Gasteiger partial charge >= 0.3 is 0 Å². The third-order valence-electron chi connectivity index (χ3n) is 6.13. The standard InChI is InChI=1S/C20H28N4O2S2/c1-19(6-7-19)23-28(25,26)14-12-16-15(4-5-18(21)22-16)17(13-14)24-10-8-20(2,27-3)9-11-24/h4-5,12-13,23H,6-11H2,1-3H3,(H2,21,22). The van der Waals surface area contributed by atoms with Crippen LogP contribution >= 0.6 is 11.8 Å². The van der Waals surface area contributed by atoms with Gasteiger partial charge in [-0.25, -0.2) is 18.1 Å². The first kappa shape index (κ1) is 19.8. The smallest absolute Gasteiger partial charge is 0.241 e. The predicted molar refractivity (Wildman–Crippen MR) is 117 cm³/mol. The summed E-state index contributed by atoms with van der Waals surface area (Å²) in [4.78, 5) is 6.97. The summed E-state index contributed by atoms with van der Waals surface area (Å²) in [5.74, 6) is 0.392. The fraction of sp³-hybridized carbons (Fsp3) is 0.550. The Bertz CT molecular complexity index is 1010. The van der Waals surface area contributed by atoms with Crippen LogP contribution in [0.5, 0.6) is 0 Å². The van der Waals surface area contributed by atoms with E-state index in [0.29, 0.717) is 11.3 Å². The number of fused-ring (bicyclic) bond motifs is 1. The Hall–Kier alpha value is -1.51. The lowest BCUT2D eigenvalue weighted by Crippen LogP contribution is -2.41. The van der Waals surface area contributed by atoms with E-state index in [1.54, 1.807) is 18.2 Å². The molecule has 4 rings (SSSR count). The molecule has 8 heteroatoms. The van der Waals surface area contributed by atoms with Gasteiger partial charge in [-0.3, -0.25) is 0 Å². The van der Waals surface area contributed by atoms with Gasteiger partial charge in [0.05, 0.1) is 10.4 Å². The molecule has 0 amide bonds. The number of hydrogen-bond donors (Lipinski definition) is 2. The van der Waals surface area contributed by atoms with Gasteiger partial charge in [0.1, 0.15) is 5.82 Å². The van der Waals surface area contributed by atoms with Crippen molar-refractivity contribution in [2.45, 2.75) is 54.7 Å². The van der Waals surface area contributed by atoms with Crippen LogP contribution < -0.4 is 15.4 Å². The van der Waals surface area contributed by atoms with Crippen LogP contribution in [-0.2, 0) is 10.0 Å². The molecule has 2 fully saturated rings. The molecule has 3 N–H and O–H groups in total. The molecule has 1 aliphatic heterocycles. The molecule has 1 aromatic heterocycles. The highest BCUT2D eigenvalue weighted by atomic mass is 32.2. The van der Waals surface area contributed by atoms with Crippen LogP contribution in [0.1, 0.15) is 39.5 Å². The van der Waals surface area contributed by atoms with E-state index in [2.05, 4.69) is 27.8 Å². The topological polar surface area (TPSA) is 88.3 Å². The van der Waals surface area contributed by atoms with E-state index in [1.807, 2.05) is 24.8 Å². The number of nitrogen functional groups attached to an aromatic ring is 1. The lowest BCUT2D eigenvalue weighted by atomic mass is 9.97. The molecule has 0 atom stereocenters. The Kier molecular flexibility index (Phi) is 4.79. The average molecular weight is 421 g/mol. The minimum atomic E-state index is -3.61. The number of anilines is 2. The highest BCUT2D eigenvalue weighted by Gasteiger charge is 2.41. The van der Waals surface area contributed by atoms with Crippen molar-refractivity contribution in [2.75, 3.05) is 30.0 Å². The summed E-state index contributed by atoms with van der Waals surface area (Å²) in [6, 6.07) is 7.16. The minimum Gasteiger partial charge on any atom is -0.384 e. The van der Waals surface area contributed by atoms with Crippen LogP contribution in [0.2, 0.25) is 0 Å². The van der Waals surface area contributed by atoms with Gasteiger partial charge in [-0.15, -0.1) is 0 Å². The maximum atomic E-state index is 13.0. The molecular weight excluding hydrogens is 392 g/mol. The molecule has 0 radical (unpaired) electrons. The van der Waals surface area contributed by atoms with Crippen molar-refractivity contribution in [3.05, 3.63) is 24.3 Å². The second-order valence-corrected chi connectivity index (χ2v) is 11.6. The summed E-state index contributed by atoms with van der Waals surface area (Å²) >= 11 is 1.91. The van der Waals surface area contributed by atoms with Crippen molar-refractivity contribution >= 4 is 44.2 Å². The van der Waals surface area contributed by atoms with E-state index in [9.17, 15) is 8.42 Å². The third kappa shape index (κ3) is 3.82. The molecule has 152 valence electrons. The number of rotatable bonds is 5.